The van der Waals surface area contributed by atoms with Gasteiger partial charge in [0.25, 0.3) is 0 Å². The Hall–Kier alpha value is -0.700. The molecule has 0 aliphatic rings. The van der Waals surface area contributed by atoms with E-state index in [9.17, 15) is 9.59 Å². The topological polar surface area (TPSA) is 54.4 Å². The van der Waals surface area contributed by atoms with Crippen molar-refractivity contribution in [3.63, 3.8) is 0 Å². The number of aliphatic hydroxyl groups excluding tert-OH is 1. The third kappa shape index (κ3) is 3.85. The molecule has 0 spiro atoms. The summed E-state index contributed by atoms with van der Waals surface area (Å²) in [6.07, 6.45) is 0.751. The summed E-state index contributed by atoms with van der Waals surface area (Å²) in [5.41, 5.74) is 0. The summed E-state index contributed by atoms with van der Waals surface area (Å²) >= 11 is 0. The molecule has 0 aliphatic heterocycles. The van der Waals surface area contributed by atoms with Gasteiger partial charge in [0.15, 0.2) is 0 Å². The quantitative estimate of drug-likeness (QED) is 0.535. The minimum Gasteiger partial charge on any atom is -0.396 e. The summed E-state index contributed by atoms with van der Waals surface area (Å²) in [6, 6.07) is 0. The Morgan fingerprint density at radius 2 is 2.33 bits per heavy atom. The van der Waals surface area contributed by atoms with Crippen LogP contribution in [0.5, 0.6) is 0 Å². The highest BCUT2D eigenvalue weighted by Gasteiger charge is 2.06. The average Bonchev–Trinajstić information content (AvgIpc) is 1.82. The first-order valence-corrected chi connectivity index (χ1v) is 2.76. The van der Waals surface area contributed by atoms with Crippen molar-refractivity contribution in [2.75, 3.05) is 6.61 Å². The van der Waals surface area contributed by atoms with Gasteiger partial charge in [-0.2, -0.15) is 0 Å². The molecule has 1 atom stereocenters. The zero-order valence-electron chi connectivity index (χ0n) is 5.33. The number of ketones is 1. The van der Waals surface area contributed by atoms with Crippen molar-refractivity contribution < 1.29 is 14.7 Å². The van der Waals surface area contributed by atoms with Gasteiger partial charge in [-0.25, -0.2) is 0 Å². The molecule has 3 heteroatoms. The number of hydrogen-bond acceptors (Lipinski definition) is 3. The van der Waals surface area contributed by atoms with Gasteiger partial charge in [0.1, 0.15) is 12.1 Å². The fraction of sp³-hybridized carbons (Fsp3) is 0.667. The standard InChI is InChI=1S/C6H10O3/c1-5(9)2-6(3-7)4-8/h3,6,8H,2,4H2,1H3. The number of carbonyl (C=O) groups is 2. The van der Waals surface area contributed by atoms with Crippen LogP contribution in [0.4, 0.5) is 0 Å². The van der Waals surface area contributed by atoms with Crippen LogP contribution in [0.15, 0.2) is 0 Å². The molecular weight excluding hydrogens is 120 g/mol. The van der Waals surface area contributed by atoms with E-state index in [4.69, 9.17) is 5.11 Å². The summed E-state index contributed by atoms with van der Waals surface area (Å²) in [5, 5.41) is 8.39. The summed E-state index contributed by atoms with van der Waals surface area (Å²) in [6.45, 7) is 1.16. The van der Waals surface area contributed by atoms with Gasteiger partial charge >= 0.3 is 0 Å². The predicted octanol–water partition coefficient (Wildman–Crippen LogP) is -0.227. The minimum atomic E-state index is -0.498. The third-order valence-corrected chi connectivity index (χ3v) is 0.977. The number of rotatable bonds is 4. The summed E-state index contributed by atoms with van der Waals surface area (Å²) in [4.78, 5) is 20.3. The van der Waals surface area contributed by atoms with Crippen LogP contribution in [0, 0.1) is 5.92 Å². The van der Waals surface area contributed by atoms with E-state index in [1.165, 1.54) is 6.92 Å². The van der Waals surface area contributed by atoms with Crippen LogP contribution < -0.4 is 0 Å². The Morgan fingerprint density at radius 3 is 2.44 bits per heavy atom. The lowest BCUT2D eigenvalue weighted by Gasteiger charge is -2.00. The Kier molecular flexibility index (Phi) is 3.88. The van der Waals surface area contributed by atoms with Gasteiger partial charge < -0.3 is 14.7 Å². The number of aliphatic hydroxyl groups is 1. The van der Waals surface area contributed by atoms with Crippen LogP contribution in [0.3, 0.4) is 0 Å². The molecule has 3 nitrogen and oxygen atoms in total. The zero-order chi connectivity index (χ0) is 7.28. The zero-order valence-corrected chi connectivity index (χ0v) is 5.33. The van der Waals surface area contributed by atoms with Gasteiger partial charge in [-0.05, 0) is 6.92 Å². The molecule has 0 amide bonds. The molecule has 0 aromatic rings. The van der Waals surface area contributed by atoms with E-state index in [1.807, 2.05) is 0 Å². The second kappa shape index (κ2) is 4.21. The molecule has 0 aromatic heterocycles. The smallest absolute Gasteiger partial charge is 0.130 e. The molecule has 0 radical (unpaired) electrons. The lowest BCUT2D eigenvalue weighted by Crippen LogP contribution is -2.11. The van der Waals surface area contributed by atoms with Gasteiger partial charge in [0, 0.05) is 12.3 Å². The lowest BCUT2D eigenvalue weighted by molar-refractivity contribution is -0.122. The van der Waals surface area contributed by atoms with Crippen molar-refractivity contribution in [1.29, 1.82) is 0 Å². The van der Waals surface area contributed by atoms with E-state index in [0.717, 1.165) is 0 Å². The van der Waals surface area contributed by atoms with Crippen LogP contribution in [-0.2, 0) is 9.59 Å². The monoisotopic (exact) mass is 130 g/mol. The number of Topliss-reactive ketones (excluding diaryl/α,β-unsaturated/α-hetero) is 1. The molecule has 0 bridgehead atoms. The highest BCUT2D eigenvalue weighted by molar-refractivity contribution is 5.78. The molecule has 9 heavy (non-hydrogen) atoms. The van der Waals surface area contributed by atoms with Crippen molar-refractivity contribution in [3.05, 3.63) is 0 Å². The van der Waals surface area contributed by atoms with Crippen LogP contribution in [-0.4, -0.2) is 23.8 Å². The molecule has 52 valence electrons. The molecule has 0 saturated carbocycles. The minimum absolute atomic E-state index is 0.0684. The van der Waals surface area contributed by atoms with E-state index in [1.54, 1.807) is 0 Å². The molecule has 0 rings (SSSR count). The normalized spacial score (nSPS) is 12.7. The maximum absolute atomic E-state index is 10.3. The van der Waals surface area contributed by atoms with Crippen LogP contribution >= 0.6 is 0 Å². The van der Waals surface area contributed by atoms with Crippen LogP contribution in [0.25, 0.3) is 0 Å². The van der Waals surface area contributed by atoms with Crippen LogP contribution in [0.1, 0.15) is 13.3 Å². The average molecular weight is 130 g/mol. The van der Waals surface area contributed by atoms with Crippen molar-refractivity contribution in [2.45, 2.75) is 13.3 Å². The maximum atomic E-state index is 10.3. The highest BCUT2D eigenvalue weighted by Crippen LogP contribution is 1.97. The first kappa shape index (κ1) is 8.30. The highest BCUT2D eigenvalue weighted by atomic mass is 16.3. The van der Waals surface area contributed by atoms with E-state index >= 15 is 0 Å². The largest absolute Gasteiger partial charge is 0.396 e. The number of hydrogen-bond donors (Lipinski definition) is 1. The first-order valence-electron chi connectivity index (χ1n) is 2.76. The Morgan fingerprint density at radius 1 is 1.78 bits per heavy atom. The molecule has 0 fully saturated rings. The first-order chi connectivity index (χ1) is 4.20. The van der Waals surface area contributed by atoms with Gasteiger partial charge in [-0.3, -0.25) is 0 Å². The van der Waals surface area contributed by atoms with Crippen LogP contribution in [0.2, 0.25) is 0 Å². The predicted molar refractivity (Wildman–Crippen MR) is 31.9 cm³/mol. The Bertz CT molecular complexity index is 109. The summed E-state index contributed by atoms with van der Waals surface area (Å²) < 4.78 is 0. The summed E-state index contributed by atoms with van der Waals surface area (Å²) in [5.74, 6) is -0.566. The molecule has 1 unspecified atom stereocenters. The second-order valence-electron chi connectivity index (χ2n) is 1.98. The van der Waals surface area contributed by atoms with Crippen molar-refractivity contribution in [2.24, 2.45) is 5.92 Å². The Balaban J connectivity index is 3.55. The van der Waals surface area contributed by atoms with Gasteiger partial charge in [0.05, 0.1) is 6.61 Å². The number of carbonyl (C=O) groups excluding carboxylic acids is 2. The van der Waals surface area contributed by atoms with Crippen molar-refractivity contribution in [1.82, 2.24) is 0 Å². The summed E-state index contributed by atoms with van der Waals surface area (Å²) in [7, 11) is 0. The van der Waals surface area contributed by atoms with E-state index in [-0.39, 0.29) is 18.8 Å². The van der Waals surface area contributed by atoms with E-state index < -0.39 is 5.92 Å². The SMILES string of the molecule is CC(=O)CC(C=O)CO. The van der Waals surface area contributed by atoms with E-state index in [2.05, 4.69) is 0 Å². The molecule has 0 aromatic carbocycles. The Labute approximate surface area is 53.7 Å². The van der Waals surface area contributed by atoms with Gasteiger partial charge in [0.2, 0.25) is 0 Å². The number of aldehydes is 1. The lowest BCUT2D eigenvalue weighted by atomic mass is 10.1. The second-order valence-corrected chi connectivity index (χ2v) is 1.98. The fourth-order valence-corrected chi connectivity index (χ4v) is 0.525. The molecule has 0 saturated heterocycles. The maximum Gasteiger partial charge on any atom is 0.130 e. The molecule has 0 heterocycles. The molecular formula is C6H10O3. The third-order valence-electron chi connectivity index (χ3n) is 0.977. The fourth-order valence-electron chi connectivity index (χ4n) is 0.525. The van der Waals surface area contributed by atoms with Crippen molar-refractivity contribution >= 4 is 12.1 Å². The van der Waals surface area contributed by atoms with E-state index in [0.29, 0.717) is 6.29 Å². The van der Waals surface area contributed by atoms with Crippen molar-refractivity contribution in [3.8, 4) is 0 Å². The van der Waals surface area contributed by atoms with Gasteiger partial charge in [-0.1, -0.05) is 0 Å². The van der Waals surface area contributed by atoms with Gasteiger partial charge in [-0.15, -0.1) is 0 Å². The molecule has 1 N–H and O–H groups in total. The molecule has 0 aliphatic carbocycles.